The van der Waals surface area contributed by atoms with Gasteiger partial charge in [-0.25, -0.2) is 0 Å². The maximum Gasteiger partial charge on any atom is 0.136 e. The molecule has 0 aliphatic heterocycles. The zero-order valence-corrected chi connectivity index (χ0v) is 25.0. The summed E-state index contributed by atoms with van der Waals surface area (Å²) in [6.07, 6.45) is 0. The molecule has 10 aromatic rings. The van der Waals surface area contributed by atoms with E-state index >= 15 is 0 Å². The molecule has 0 amide bonds. The summed E-state index contributed by atoms with van der Waals surface area (Å²) in [5.41, 5.74) is 6.35. The lowest BCUT2D eigenvalue weighted by Gasteiger charge is -2.18. The fourth-order valence-corrected chi connectivity index (χ4v) is 7.12. The number of hydrogen-bond acceptors (Lipinski definition) is 1. The van der Waals surface area contributed by atoms with Gasteiger partial charge >= 0.3 is 0 Å². The van der Waals surface area contributed by atoms with Gasteiger partial charge in [0.25, 0.3) is 0 Å². The van der Waals surface area contributed by atoms with Crippen LogP contribution in [0.1, 0.15) is 9.60 Å². The van der Waals surface area contributed by atoms with Gasteiger partial charge in [-0.05, 0) is 113 Å². The molecule has 0 saturated heterocycles. The van der Waals surface area contributed by atoms with Gasteiger partial charge in [0, 0.05) is 10.8 Å². The maximum absolute atomic E-state index is 9.16. The van der Waals surface area contributed by atoms with E-state index in [-0.39, 0.29) is 40.5 Å². The highest BCUT2D eigenvalue weighted by molar-refractivity contribution is 6.22. The third-order valence-corrected chi connectivity index (χ3v) is 9.25. The summed E-state index contributed by atoms with van der Waals surface area (Å²) in [6.45, 7) is 0. The topological polar surface area (TPSA) is 13.1 Å². The predicted molar refractivity (Wildman–Crippen MR) is 200 cm³/mol. The molecular weight excluding hydrogens is 569 g/mol. The summed E-state index contributed by atoms with van der Waals surface area (Å²) in [4.78, 5) is 0. The molecule has 1 heteroatoms. The lowest BCUT2D eigenvalue weighted by Crippen LogP contribution is -1.91. The van der Waals surface area contributed by atoms with Gasteiger partial charge in [-0.1, -0.05) is 133 Å². The molecule has 10 rings (SSSR count). The zero-order chi connectivity index (χ0) is 37.0. The number of furan rings is 1. The summed E-state index contributed by atoms with van der Waals surface area (Å²) < 4.78 is 66.7. The van der Waals surface area contributed by atoms with E-state index in [9.17, 15) is 0 Å². The third-order valence-electron chi connectivity index (χ3n) is 9.25. The highest BCUT2D eigenvalue weighted by atomic mass is 16.3. The monoisotopic (exact) mass is 603 g/mol. The van der Waals surface area contributed by atoms with Crippen molar-refractivity contribution in [1.29, 1.82) is 0 Å². The Hall–Kier alpha value is -6.18. The van der Waals surface area contributed by atoms with Gasteiger partial charge in [-0.15, -0.1) is 0 Å². The molecule has 47 heavy (non-hydrogen) atoms. The Morgan fingerprint density at radius 2 is 0.957 bits per heavy atom. The quantitative estimate of drug-likeness (QED) is 0.183. The van der Waals surface area contributed by atoms with E-state index < -0.39 is 18.1 Å². The SMILES string of the molecule is [2H]c1c([2H])c([2H])c2c([2H])c(-c3cccc(-c4c5ccccc5c(-c5ccc6oc7cc8ccccc8cc7c6c5)c5ccccc45)c3)c([2H])c([2H])c2c1[2H]. The van der Waals surface area contributed by atoms with Gasteiger partial charge in [0.05, 0.1) is 9.60 Å². The Bertz CT molecular complexity index is 3200. The van der Waals surface area contributed by atoms with Crippen molar-refractivity contribution in [2.45, 2.75) is 0 Å². The second-order valence-corrected chi connectivity index (χ2v) is 11.9. The van der Waals surface area contributed by atoms with Crippen molar-refractivity contribution < 1.29 is 14.0 Å². The molecule has 1 aromatic heterocycles. The average Bonchev–Trinajstić information content (AvgIpc) is 3.55. The first-order chi connectivity index (χ1) is 26.2. The Balaban J connectivity index is 1.22. The summed E-state index contributed by atoms with van der Waals surface area (Å²) >= 11 is 0. The molecule has 0 N–H and O–H groups in total. The van der Waals surface area contributed by atoms with Gasteiger partial charge in [-0.3, -0.25) is 0 Å². The first kappa shape index (κ1) is 20.0. The van der Waals surface area contributed by atoms with Crippen molar-refractivity contribution in [3.63, 3.8) is 0 Å². The van der Waals surface area contributed by atoms with Gasteiger partial charge < -0.3 is 4.42 Å². The summed E-state index contributed by atoms with van der Waals surface area (Å²) in [5.74, 6) is 0. The van der Waals surface area contributed by atoms with E-state index in [0.29, 0.717) is 5.56 Å². The van der Waals surface area contributed by atoms with Crippen LogP contribution in [-0.2, 0) is 0 Å². The summed E-state index contributed by atoms with van der Waals surface area (Å²) in [7, 11) is 0. The van der Waals surface area contributed by atoms with Crippen LogP contribution in [0.15, 0.2) is 174 Å². The largest absolute Gasteiger partial charge is 0.456 e. The number of hydrogen-bond donors (Lipinski definition) is 0. The molecule has 0 unspecified atom stereocenters. The van der Waals surface area contributed by atoms with Crippen LogP contribution < -0.4 is 0 Å². The molecule has 218 valence electrons. The molecule has 1 heterocycles. The second-order valence-electron chi connectivity index (χ2n) is 11.9. The second kappa shape index (κ2) is 10.2. The molecule has 0 aliphatic rings. The Morgan fingerprint density at radius 1 is 0.362 bits per heavy atom. The molecule has 0 saturated carbocycles. The Labute approximate surface area is 281 Å². The van der Waals surface area contributed by atoms with Crippen LogP contribution in [-0.4, -0.2) is 0 Å². The van der Waals surface area contributed by atoms with E-state index in [1.165, 1.54) is 0 Å². The maximum atomic E-state index is 9.16. The van der Waals surface area contributed by atoms with Gasteiger partial charge in [0.2, 0.25) is 0 Å². The third kappa shape index (κ3) is 4.10. The van der Waals surface area contributed by atoms with Crippen LogP contribution in [0.2, 0.25) is 0 Å². The van der Waals surface area contributed by atoms with E-state index in [1.807, 2.05) is 54.6 Å². The average molecular weight is 604 g/mol. The first-order valence-electron chi connectivity index (χ1n) is 19.1. The van der Waals surface area contributed by atoms with E-state index in [0.717, 1.165) is 76.5 Å². The summed E-state index contributed by atoms with van der Waals surface area (Å²) in [5, 5.41) is 8.40. The number of rotatable bonds is 3. The lowest BCUT2D eigenvalue weighted by molar-refractivity contribution is 0.669. The first-order valence-corrected chi connectivity index (χ1v) is 15.6. The van der Waals surface area contributed by atoms with Crippen LogP contribution >= 0.6 is 0 Å². The molecule has 1 nitrogen and oxygen atoms in total. The number of fused-ring (bicyclic) bond motifs is 7. The van der Waals surface area contributed by atoms with Crippen LogP contribution in [0.5, 0.6) is 0 Å². The Morgan fingerprint density at radius 3 is 1.68 bits per heavy atom. The highest BCUT2D eigenvalue weighted by Gasteiger charge is 2.18. The van der Waals surface area contributed by atoms with E-state index in [4.69, 9.17) is 14.0 Å². The molecule has 0 aliphatic carbocycles. The van der Waals surface area contributed by atoms with Crippen LogP contribution in [0, 0.1) is 0 Å². The van der Waals surface area contributed by atoms with E-state index in [1.54, 1.807) is 6.07 Å². The molecule has 9 aromatic carbocycles. The van der Waals surface area contributed by atoms with Crippen LogP contribution in [0.3, 0.4) is 0 Å². The molecule has 0 atom stereocenters. The van der Waals surface area contributed by atoms with Crippen LogP contribution in [0.25, 0.3) is 98.4 Å². The molecular formula is C46H28O. The van der Waals surface area contributed by atoms with Crippen molar-refractivity contribution in [3.8, 4) is 33.4 Å². The fraction of sp³-hybridized carbons (Fsp3) is 0. The fourth-order valence-electron chi connectivity index (χ4n) is 7.12. The van der Waals surface area contributed by atoms with E-state index in [2.05, 4.69) is 66.7 Å². The van der Waals surface area contributed by atoms with Gasteiger partial charge in [0.1, 0.15) is 11.2 Å². The normalized spacial score (nSPS) is 13.9. The minimum absolute atomic E-state index is 0.0572. The van der Waals surface area contributed by atoms with Crippen LogP contribution in [0.4, 0.5) is 0 Å². The standard InChI is InChI=1S/C46H28O/c1-2-11-30-24-34(21-20-29(30)10-1)31-14-9-15-35(25-31)45-37-16-5-7-18-39(37)46(40-19-8-6-17-38(40)45)36-22-23-43-41(27-36)42-26-32-12-3-4-13-33(32)28-44(42)47-43/h1-28H/i1D,2D,10D,11D,20D,21D,24D. The van der Waals surface area contributed by atoms with Crippen molar-refractivity contribution >= 4 is 65.0 Å². The predicted octanol–water partition coefficient (Wildman–Crippen LogP) is 13.2. The van der Waals surface area contributed by atoms with Crippen molar-refractivity contribution in [2.24, 2.45) is 0 Å². The Kier molecular flexibility index (Phi) is 4.34. The molecule has 0 bridgehead atoms. The van der Waals surface area contributed by atoms with Crippen molar-refractivity contribution in [3.05, 3.63) is 170 Å². The molecule has 0 radical (unpaired) electrons. The zero-order valence-electron chi connectivity index (χ0n) is 32.0. The van der Waals surface area contributed by atoms with Gasteiger partial charge in [0.15, 0.2) is 0 Å². The lowest BCUT2D eigenvalue weighted by atomic mass is 9.85. The smallest absolute Gasteiger partial charge is 0.136 e. The molecule has 0 fully saturated rings. The molecule has 0 spiro atoms. The highest BCUT2D eigenvalue weighted by Crippen LogP contribution is 2.45. The minimum atomic E-state index is -0.483. The van der Waals surface area contributed by atoms with Crippen molar-refractivity contribution in [2.75, 3.05) is 0 Å². The minimum Gasteiger partial charge on any atom is -0.456 e. The van der Waals surface area contributed by atoms with Crippen molar-refractivity contribution in [1.82, 2.24) is 0 Å². The van der Waals surface area contributed by atoms with Gasteiger partial charge in [-0.2, -0.15) is 0 Å². The summed E-state index contributed by atoms with van der Waals surface area (Å²) in [6, 6.07) is 40.7. The number of benzene rings is 9.